The van der Waals surface area contributed by atoms with Crippen LogP contribution < -0.4 is 4.57 Å². The second kappa shape index (κ2) is 8.15. The van der Waals surface area contributed by atoms with Crippen molar-refractivity contribution >= 4 is 11.9 Å². The molecule has 1 aromatic rings. The molecule has 0 aromatic carbocycles. The third-order valence-corrected chi connectivity index (χ3v) is 1.86. The molecule has 7 heteroatoms. The van der Waals surface area contributed by atoms with Crippen LogP contribution in [0.2, 0.25) is 0 Å². The summed E-state index contributed by atoms with van der Waals surface area (Å²) in [7, 11) is 5.52. The molecule has 0 spiro atoms. The monoisotopic (exact) mass is 271 g/mol. The molecule has 1 aromatic heterocycles. The van der Waals surface area contributed by atoms with E-state index in [1.165, 1.54) is 0 Å². The lowest BCUT2D eigenvalue weighted by Gasteiger charge is -2.20. The Bertz CT molecular complexity index is 401. The van der Waals surface area contributed by atoms with Gasteiger partial charge in [0.2, 0.25) is 0 Å². The number of carboxylic acid groups (broad SMARTS) is 2. The molecule has 0 unspecified atom stereocenters. The fourth-order valence-electron chi connectivity index (χ4n) is 1.12. The summed E-state index contributed by atoms with van der Waals surface area (Å²) in [6.45, 7) is 0.656. The Hall–Kier alpha value is -2.02. The second-order valence-corrected chi connectivity index (χ2v) is 4.98. The highest BCUT2D eigenvalue weighted by Crippen LogP contribution is 1.86. The summed E-state index contributed by atoms with van der Waals surface area (Å²) in [6.07, 6.45) is 5.17. The number of quaternary nitrogens is 1. The molecule has 1 rings (SSSR count). The number of hydrogen-bond donors (Lipinski definition) is 2. The van der Waals surface area contributed by atoms with E-state index in [1.54, 1.807) is 29.4 Å². The predicted molar refractivity (Wildman–Crippen MR) is 67.2 cm³/mol. The number of carbonyl (C=O) groups is 2. The van der Waals surface area contributed by atoms with Crippen LogP contribution in [0.15, 0.2) is 24.8 Å². The summed E-state index contributed by atoms with van der Waals surface area (Å²) < 4.78 is 2.21. The van der Waals surface area contributed by atoms with Crippen molar-refractivity contribution in [3.63, 3.8) is 0 Å². The minimum atomic E-state index is -0.790. The molecule has 19 heavy (non-hydrogen) atoms. The first kappa shape index (κ1) is 17.0. The van der Waals surface area contributed by atoms with Crippen LogP contribution in [0.5, 0.6) is 0 Å². The summed E-state index contributed by atoms with van der Waals surface area (Å²) in [6, 6.07) is 1.77. The van der Waals surface area contributed by atoms with Crippen molar-refractivity contribution in [2.75, 3.05) is 27.7 Å². The van der Waals surface area contributed by atoms with Crippen LogP contribution in [-0.2, 0) is 16.1 Å². The Balaban J connectivity index is 0.000000362. The third-order valence-electron chi connectivity index (χ3n) is 1.86. The lowest BCUT2D eigenvalue weighted by molar-refractivity contribution is -0.862. The van der Waals surface area contributed by atoms with Gasteiger partial charge in [0.25, 0.3) is 6.33 Å². The Kier molecular flexibility index (Phi) is 7.28. The van der Waals surface area contributed by atoms with E-state index >= 15 is 0 Å². The maximum Gasteiger partial charge on any atom is 0.359 e. The Morgan fingerprint density at radius 1 is 1.21 bits per heavy atom. The van der Waals surface area contributed by atoms with E-state index < -0.39 is 11.9 Å². The fourth-order valence-corrected chi connectivity index (χ4v) is 1.12. The lowest BCUT2D eigenvalue weighted by atomic mass is 10.4. The summed E-state index contributed by atoms with van der Waals surface area (Å²) in [5, 5.41) is 16.6. The maximum absolute atomic E-state index is 10.1. The average Bonchev–Trinajstić information content (AvgIpc) is 2.25. The molecule has 0 aliphatic carbocycles. The first-order valence-corrected chi connectivity index (χ1v) is 5.74. The number of aliphatic carboxylic acids is 2. The lowest BCUT2D eigenvalue weighted by Crippen LogP contribution is -2.39. The summed E-state index contributed by atoms with van der Waals surface area (Å²) in [4.78, 5) is 24.0. The summed E-state index contributed by atoms with van der Waals surface area (Å²) in [5.74, 6) is -1.54. The first-order valence-electron chi connectivity index (χ1n) is 5.74. The van der Waals surface area contributed by atoms with Gasteiger partial charge in [-0.1, -0.05) is 4.98 Å². The topological polar surface area (TPSA) is 91.4 Å². The quantitative estimate of drug-likeness (QED) is 0.563. The second-order valence-electron chi connectivity index (χ2n) is 4.98. The van der Waals surface area contributed by atoms with Gasteiger partial charge >= 0.3 is 11.9 Å². The van der Waals surface area contributed by atoms with E-state index in [4.69, 9.17) is 10.2 Å². The third kappa shape index (κ3) is 12.2. The fraction of sp³-hybridized carbons (Fsp3) is 0.500. The number of aromatic nitrogens is 2. The predicted octanol–water partition coefficient (Wildman–Crippen LogP) is -0.379. The first-order chi connectivity index (χ1) is 8.70. The maximum atomic E-state index is 10.1. The zero-order chi connectivity index (χ0) is 14.9. The van der Waals surface area contributed by atoms with Gasteiger partial charge < -0.3 is 14.7 Å². The van der Waals surface area contributed by atoms with Crippen molar-refractivity contribution in [2.24, 2.45) is 0 Å². The molecule has 0 radical (unpaired) electrons. The van der Waals surface area contributed by atoms with Crippen molar-refractivity contribution < 1.29 is 28.9 Å². The number of nitrogens with zero attached hydrogens (tertiary/aromatic N) is 3. The number of aryl methyl sites for hydroxylation is 1. The van der Waals surface area contributed by atoms with Gasteiger partial charge in [0, 0.05) is 6.07 Å². The van der Waals surface area contributed by atoms with Gasteiger partial charge in [0.15, 0.2) is 6.54 Å². The molecule has 0 bridgehead atoms. The number of hydrogen-bond acceptors (Lipinski definition) is 3. The molecule has 0 fully saturated rings. The van der Waals surface area contributed by atoms with Crippen LogP contribution in [0.3, 0.4) is 0 Å². The zero-order valence-corrected chi connectivity index (χ0v) is 11.5. The van der Waals surface area contributed by atoms with Crippen molar-refractivity contribution in [3.8, 4) is 0 Å². The normalized spacial score (nSPS) is 10.3. The molecule has 7 nitrogen and oxygen atoms in total. The average molecular weight is 271 g/mol. The Morgan fingerprint density at radius 3 is 2.16 bits per heavy atom. The minimum absolute atomic E-state index is 0.135. The number of likely N-dealkylation sites (N-methyl/N-ethyl adjacent to an activating group) is 1. The van der Waals surface area contributed by atoms with E-state index in [2.05, 4.69) is 4.98 Å². The summed E-state index contributed by atoms with van der Waals surface area (Å²) >= 11 is 0. The molecule has 0 amide bonds. The molecule has 0 saturated heterocycles. The molecule has 106 valence electrons. The van der Waals surface area contributed by atoms with E-state index in [-0.39, 0.29) is 13.0 Å². The smallest absolute Gasteiger partial charge is 0.359 e. The van der Waals surface area contributed by atoms with Gasteiger partial charge in [-0.25, -0.2) is 9.36 Å². The van der Waals surface area contributed by atoms with Gasteiger partial charge in [0.1, 0.15) is 12.7 Å². The van der Waals surface area contributed by atoms with Gasteiger partial charge in [-0.15, -0.1) is 0 Å². The van der Waals surface area contributed by atoms with Gasteiger partial charge in [0.05, 0.1) is 33.8 Å². The largest absolute Gasteiger partial charge is 0.481 e. The Morgan fingerprint density at radius 2 is 1.84 bits per heavy atom. The molecular formula is C12H21N3O4+2. The summed E-state index contributed by atoms with van der Waals surface area (Å²) in [5.41, 5.74) is 0. The highest BCUT2D eigenvalue weighted by molar-refractivity contribution is 5.67. The molecule has 2 N–H and O–H groups in total. The van der Waals surface area contributed by atoms with Crippen molar-refractivity contribution in [1.82, 2.24) is 4.98 Å². The van der Waals surface area contributed by atoms with Gasteiger partial charge in [-0.2, -0.15) is 0 Å². The number of rotatable bonds is 5. The zero-order valence-electron chi connectivity index (χ0n) is 11.5. The van der Waals surface area contributed by atoms with Gasteiger partial charge in [-0.3, -0.25) is 4.79 Å². The van der Waals surface area contributed by atoms with Crippen molar-refractivity contribution in [2.45, 2.75) is 13.0 Å². The number of carboxylic acids is 2. The van der Waals surface area contributed by atoms with E-state index in [0.29, 0.717) is 11.0 Å². The molecule has 0 atom stereocenters. The van der Waals surface area contributed by atoms with E-state index in [1.807, 2.05) is 21.1 Å². The highest BCUT2D eigenvalue weighted by atomic mass is 16.4. The van der Waals surface area contributed by atoms with Crippen LogP contribution >= 0.6 is 0 Å². The van der Waals surface area contributed by atoms with Crippen LogP contribution in [0.1, 0.15) is 6.42 Å². The van der Waals surface area contributed by atoms with Crippen LogP contribution in [0.25, 0.3) is 0 Å². The van der Waals surface area contributed by atoms with Crippen LogP contribution in [-0.4, -0.2) is 59.3 Å². The van der Waals surface area contributed by atoms with Crippen molar-refractivity contribution in [1.29, 1.82) is 0 Å². The van der Waals surface area contributed by atoms with Gasteiger partial charge in [-0.05, 0) is 0 Å². The SMILES string of the molecule is C[N+](C)(C)CC(=O)O.O=C(O)CC[n+]1cccnc1. The van der Waals surface area contributed by atoms with Crippen LogP contribution in [0, 0.1) is 0 Å². The highest BCUT2D eigenvalue weighted by Gasteiger charge is 2.11. The molecule has 0 aliphatic heterocycles. The minimum Gasteiger partial charge on any atom is -0.481 e. The molecular weight excluding hydrogens is 250 g/mol. The van der Waals surface area contributed by atoms with E-state index in [0.717, 1.165) is 0 Å². The van der Waals surface area contributed by atoms with Crippen LogP contribution in [0.4, 0.5) is 0 Å². The molecule has 1 heterocycles. The van der Waals surface area contributed by atoms with E-state index in [9.17, 15) is 9.59 Å². The standard InChI is InChI=1S/C7H8N2O2.C5H11NO2/c10-7(11)2-5-9-4-1-3-8-6-9;1-6(2,3)4-5(7)8/h1,3-4,6H,2,5H2;4H2,1-3H3/p+2. The molecule has 0 aliphatic rings. The van der Waals surface area contributed by atoms with Crippen molar-refractivity contribution in [3.05, 3.63) is 24.8 Å². The Labute approximate surface area is 112 Å². The molecule has 0 saturated carbocycles.